The van der Waals surface area contributed by atoms with Gasteiger partial charge in [-0.25, -0.2) is 0 Å². The first-order chi connectivity index (χ1) is 6.09. The zero-order valence-corrected chi connectivity index (χ0v) is 9.53. The summed E-state index contributed by atoms with van der Waals surface area (Å²) in [4.78, 5) is 1.45. The number of hydrogen-bond acceptors (Lipinski definition) is 2. The lowest BCUT2D eigenvalue weighted by Gasteiger charge is -2.13. The van der Waals surface area contributed by atoms with Gasteiger partial charge < -0.3 is 5.73 Å². The van der Waals surface area contributed by atoms with E-state index in [1.54, 1.807) is 0 Å². The van der Waals surface area contributed by atoms with E-state index < -0.39 is 0 Å². The lowest BCUT2D eigenvalue weighted by molar-refractivity contribution is 0.495. The second-order valence-electron chi connectivity index (χ2n) is 4.12. The normalized spacial score (nSPS) is 13.6. The molecule has 1 heterocycles. The van der Waals surface area contributed by atoms with Crippen LogP contribution in [0.3, 0.4) is 0 Å². The molecule has 0 fully saturated rings. The monoisotopic (exact) mass is 197 g/mol. The van der Waals surface area contributed by atoms with Crippen LogP contribution >= 0.6 is 11.3 Å². The molecule has 0 bridgehead atoms. The summed E-state index contributed by atoms with van der Waals surface area (Å²) in [5, 5.41) is 2.15. The van der Waals surface area contributed by atoms with Crippen LogP contribution < -0.4 is 5.73 Å². The van der Waals surface area contributed by atoms with Gasteiger partial charge in [-0.15, -0.1) is 11.3 Å². The molecule has 0 aromatic carbocycles. The van der Waals surface area contributed by atoms with Crippen molar-refractivity contribution in [1.29, 1.82) is 0 Å². The Morgan fingerprint density at radius 3 is 2.62 bits per heavy atom. The fourth-order valence-electron chi connectivity index (χ4n) is 1.54. The van der Waals surface area contributed by atoms with Gasteiger partial charge in [0, 0.05) is 10.9 Å². The van der Waals surface area contributed by atoms with E-state index in [9.17, 15) is 0 Å². The first-order valence-corrected chi connectivity index (χ1v) is 5.76. The molecule has 13 heavy (non-hydrogen) atoms. The van der Waals surface area contributed by atoms with Crippen molar-refractivity contribution < 1.29 is 0 Å². The highest BCUT2D eigenvalue weighted by molar-refractivity contribution is 7.10. The molecular weight excluding hydrogens is 178 g/mol. The van der Waals surface area contributed by atoms with Gasteiger partial charge in [-0.3, -0.25) is 0 Å². The maximum atomic E-state index is 6.04. The second kappa shape index (κ2) is 4.77. The van der Waals surface area contributed by atoms with E-state index in [0.29, 0.717) is 12.0 Å². The van der Waals surface area contributed by atoms with E-state index in [-0.39, 0.29) is 0 Å². The minimum atomic E-state index is 0.331. The maximum Gasteiger partial charge on any atom is 0.00898 e. The van der Waals surface area contributed by atoms with Gasteiger partial charge in [0.1, 0.15) is 0 Å². The Morgan fingerprint density at radius 2 is 2.15 bits per heavy atom. The van der Waals surface area contributed by atoms with Gasteiger partial charge in [0.25, 0.3) is 0 Å². The summed E-state index contributed by atoms with van der Waals surface area (Å²) in [5.41, 5.74) is 7.43. The van der Waals surface area contributed by atoms with Crippen molar-refractivity contribution in [1.82, 2.24) is 0 Å². The minimum absolute atomic E-state index is 0.331. The standard InChI is InChI=1S/C11H19NS/c1-8(2)6-10(12)7-11-9(3)4-5-13-11/h4-5,8,10H,6-7,12H2,1-3H3. The number of rotatable bonds is 4. The third-order valence-corrected chi connectivity index (χ3v) is 3.24. The molecule has 1 nitrogen and oxygen atoms in total. The Labute approximate surface area is 85.0 Å². The average molecular weight is 197 g/mol. The third kappa shape index (κ3) is 3.49. The molecule has 0 aliphatic carbocycles. The van der Waals surface area contributed by atoms with Crippen molar-refractivity contribution in [3.63, 3.8) is 0 Å². The summed E-state index contributed by atoms with van der Waals surface area (Å²) >= 11 is 1.82. The summed E-state index contributed by atoms with van der Waals surface area (Å²) in [6.07, 6.45) is 2.17. The van der Waals surface area contributed by atoms with Gasteiger partial charge in [0.05, 0.1) is 0 Å². The Bertz CT molecular complexity index is 252. The molecule has 0 spiro atoms. The van der Waals surface area contributed by atoms with Crippen LogP contribution in [0.15, 0.2) is 11.4 Å². The lowest BCUT2D eigenvalue weighted by atomic mass is 10.0. The van der Waals surface area contributed by atoms with Gasteiger partial charge in [-0.05, 0) is 42.7 Å². The molecule has 0 radical (unpaired) electrons. The topological polar surface area (TPSA) is 26.0 Å². The van der Waals surface area contributed by atoms with Crippen LogP contribution in [-0.4, -0.2) is 6.04 Å². The molecule has 1 aromatic heterocycles. The van der Waals surface area contributed by atoms with Crippen molar-refractivity contribution in [2.24, 2.45) is 11.7 Å². The van der Waals surface area contributed by atoms with E-state index in [0.717, 1.165) is 12.8 Å². The highest BCUT2D eigenvalue weighted by atomic mass is 32.1. The highest BCUT2D eigenvalue weighted by Crippen LogP contribution is 2.18. The van der Waals surface area contributed by atoms with E-state index in [1.807, 2.05) is 11.3 Å². The average Bonchev–Trinajstić information content (AvgIpc) is 2.34. The Hall–Kier alpha value is -0.340. The number of nitrogens with two attached hydrogens (primary N) is 1. The quantitative estimate of drug-likeness (QED) is 0.789. The van der Waals surface area contributed by atoms with Crippen LogP contribution in [0, 0.1) is 12.8 Å². The Balaban J connectivity index is 2.45. The maximum absolute atomic E-state index is 6.04. The van der Waals surface area contributed by atoms with Crippen molar-refractivity contribution >= 4 is 11.3 Å². The molecule has 1 unspecified atom stereocenters. The minimum Gasteiger partial charge on any atom is -0.327 e. The molecule has 0 aliphatic heterocycles. The van der Waals surface area contributed by atoms with E-state index in [2.05, 4.69) is 32.2 Å². The first kappa shape index (κ1) is 10.7. The summed E-state index contributed by atoms with van der Waals surface area (Å²) in [5.74, 6) is 0.704. The largest absolute Gasteiger partial charge is 0.327 e. The van der Waals surface area contributed by atoms with Crippen molar-refractivity contribution in [3.05, 3.63) is 21.9 Å². The zero-order chi connectivity index (χ0) is 9.84. The van der Waals surface area contributed by atoms with E-state index >= 15 is 0 Å². The molecule has 0 saturated heterocycles. The molecular formula is C11H19NS. The third-order valence-electron chi connectivity index (χ3n) is 2.19. The number of aryl methyl sites for hydroxylation is 1. The molecule has 1 rings (SSSR count). The number of thiophene rings is 1. The van der Waals surface area contributed by atoms with Crippen LogP contribution in [0.5, 0.6) is 0 Å². The molecule has 2 N–H and O–H groups in total. The molecule has 0 amide bonds. The van der Waals surface area contributed by atoms with Crippen LogP contribution in [0.2, 0.25) is 0 Å². The fraction of sp³-hybridized carbons (Fsp3) is 0.636. The SMILES string of the molecule is Cc1ccsc1CC(N)CC(C)C. The molecule has 74 valence electrons. The van der Waals surface area contributed by atoms with Gasteiger partial charge >= 0.3 is 0 Å². The van der Waals surface area contributed by atoms with Gasteiger partial charge in [0.2, 0.25) is 0 Å². The van der Waals surface area contributed by atoms with Crippen LogP contribution in [0.1, 0.15) is 30.7 Å². The first-order valence-electron chi connectivity index (χ1n) is 4.88. The fourth-order valence-corrected chi connectivity index (χ4v) is 2.54. The lowest BCUT2D eigenvalue weighted by Crippen LogP contribution is -2.24. The summed E-state index contributed by atoms with van der Waals surface area (Å²) in [6, 6.07) is 2.50. The molecule has 0 aliphatic rings. The highest BCUT2D eigenvalue weighted by Gasteiger charge is 2.08. The van der Waals surface area contributed by atoms with Crippen LogP contribution in [0.4, 0.5) is 0 Å². The van der Waals surface area contributed by atoms with Gasteiger partial charge in [-0.2, -0.15) is 0 Å². The second-order valence-corrected chi connectivity index (χ2v) is 5.12. The predicted molar refractivity (Wildman–Crippen MR) is 60.2 cm³/mol. The zero-order valence-electron chi connectivity index (χ0n) is 8.71. The van der Waals surface area contributed by atoms with Crippen molar-refractivity contribution in [2.75, 3.05) is 0 Å². The predicted octanol–water partition coefficient (Wildman–Crippen LogP) is 2.97. The molecule has 1 aromatic rings. The Kier molecular flexibility index (Phi) is 3.94. The van der Waals surface area contributed by atoms with Gasteiger partial charge in [0.15, 0.2) is 0 Å². The van der Waals surface area contributed by atoms with Crippen molar-refractivity contribution in [2.45, 2.75) is 39.7 Å². The summed E-state index contributed by atoms with van der Waals surface area (Å²) in [6.45, 7) is 6.61. The summed E-state index contributed by atoms with van der Waals surface area (Å²) < 4.78 is 0. The summed E-state index contributed by atoms with van der Waals surface area (Å²) in [7, 11) is 0. The van der Waals surface area contributed by atoms with Gasteiger partial charge in [-0.1, -0.05) is 13.8 Å². The molecule has 0 saturated carbocycles. The smallest absolute Gasteiger partial charge is 0.00898 e. The van der Waals surface area contributed by atoms with E-state index in [4.69, 9.17) is 5.73 Å². The van der Waals surface area contributed by atoms with Crippen molar-refractivity contribution in [3.8, 4) is 0 Å². The molecule has 1 atom stereocenters. The van der Waals surface area contributed by atoms with Crippen LogP contribution in [0.25, 0.3) is 0 Å². The van der Waals surface area contributed by atoms with E-state index in [1.165, 1.54) is 10.4 Å². The molecule has 2 heteroatoms. The Morgan fingerprint density at radius 1 is 1.46 bits per heavy atom. The van der Waals surface area contributed by atoms with Crippen LogP contribution in [-0.2, 0) is 6.42 Å². The number of hydrogen-bond donors (Lipinski definition) is 1.